The lowest BCUT2D eigenvalue weighted by atomic mass is 9.61. The first kappa shape index (κ1) is 38.0. The Hall–Kier alpha value is -7.48. The van der Waals surface area contributed by atoms with Gasteiger partial charge in [0.1, 0.15) is 0 Å². The summed E-state index contributed by atoms with van der Waals surface area (Å²) in [5.74, 6) is 0. The van der Waals surface area contributed by atoms with Crippen molar-refractivity contribution in [1.29, 1.82) is 0 Å². The summed E-state index contributed by atoms with van der Waals surface area (Å²) in [5.41, 5.74) is 16.8. The van der Waals surface area contributed by atoms with E-state index in [-0.39, 0.29) is 11.0 Å². The summed E-state index contributed by atoms with van der Waals surface area (Å²) in [5, 5.41) is 10.3. The quantitative estimate of drug-likeness (QED) is 0.151. The van der Waals surface area contributed by atoms with Gasteiger partial charge < -0.3 is 4.90 Å². The van der Waals surface area contributed by atoms with Crippen molar-refractivity contribution in [1.82, 2.24) is 0 Å². The molecule has 1 saturated carbocycles. The van der Waals surface area contributed by atoms with Gasteiger partial charge in [-0.1, -0.05) is 196 Å². The number of para-hydroxylation sites is 1. The Morgan fingerprint density at radius 1 is 0.354 bits per heavy atom. The molecule has 11 aromatic rings. The summed E-state index contributed by atoms with van der Waals surface area (Å²) < 4.78 is 0. The Balaban J connectivity index is 1.01. The molecule has 1 aliphatic heterocycles. The first-order valence-corrected chi connectivity index (χ1v) is 23.5. The molecule has 2 atom stereocenters. The van der Waals surface area contributed by atoms with Gasteiger partial charge in [0, 0.05) is 16.8 Å². The van der Waals surface area contributed by atoms with Crippen LogP contribution in [0.15, 0.2) is 212 Å². The van der Waals surface area contributed by atoms with Gasteiger partial charge >= 0.3 is 0 Å². The van der Waals surface area contributed by atoms with Gasteiger partial charge in [-0.3, -0.25) is 0 Å². The lowest BCUT2D eigenvalue weighted by molar-refractivity contribution is 0.195. The van der Waals surface area contributed by atoms with E-state index in [0.717, 1.165) is 0 Å². The van der Waals surface area contributed by atoms with Gasteiger partial charge in [0.25, 0.3) is 0 Å². The third-order valence-corrected chi connectivity index (χ3v) is 15.8. The SMILES string of the molecule is CC12CCCCC1(C)N(c1ccccc1)c1ccc(-c3ccc(-c4cc(-c5ccccc5)c5ccc6c(-c7cccc8ccccc78)cc(-c7ccccc7)c7ccc4c5c76)cc3)cc12. The van der Waals surface area contributed by atoms with Gasteiger partial charge in [0.05, 0.1) is 5.54 Å². The molecule has 2 aliphatic rings. The number of anilines is 2. The summed E-state index contributed by atoms with van der Waals surface area (Å²) in [6, 6.07) is 79.8. The average Bonchev–Trinajstić information content (AvgIpc) is 3.58. The molecule has 0 spiro atoms. The first-order valence-electron chi connectivity index (χ1n) is 23.5. The Kier molecular flexibility index (Phi) is 8.50. The van der Waals surface area contributed by atoms with E-state index in [2.05, 4.69) is 231 Å². The second kappa shape index (κ2) is 14.5. The van der Waals surface area contributed by atoms with Crippen molar-refractivity contribution in [3.8, 4) is 55.6 Å². The fourth-order valence-electron chi connectivity index (χ4n) is 12.4. The van der Waals surface area contributed by atoms with Crippen molar-refractivity contribution in [3.63, 3.8) is 0 Å². The van der Waals surface area contributed by atoms with E-state index in [0.29, 0.717) is 0 Å². The van der Waals surface area contributed by atoms with Crippen molar-refractivity contribution < 1.29 is 0 Å². The number of rotatable bonds is 6. The molecule has 0 radical (unpaired) electrons. The highest BCUT2D eigenvalue weighted by Gasteiger charge is 2.57. The van der Waals surface area contributed by atoms with Crippen LogP contribution in [0.3, 0.4) is 0 Å². The van der Waals surface area contributed by atoms with Crippen molar-refractivity contribution in [2.75, 3.05) is 4.90 Å². The fourth-order valence-corrected chi connectivity index (χ4v) is 12.4. The van der Waals surface area contributed by atoms with Crippen LogP contribution < -0.4 is 4.90 Å². The first-order chi connectivity index (χ1) is 32.0. The maximum absolute atomic E-state index is 2.67. The maximum atomic E-state index is 2.67. The highest BCUT2D eigenvalue weighted by molar-refractivity contribution is 6.32. The fraction of sp³-hybridized carbons (Fsp3) is 0.125. The molecule has 1 aliphatic carbocycles. The van der Waals surface area contributed by atoms with E-state index >= 15 is 0 Å². The van der Waals surface area contributed by atoms with Crippen molar-refractivity contribution >= 4 is 54.5 Å². The number of fused-ring (bicyclic) bond motifs is 4. The molecule has 1 heteroatoms. The van der Waals surface area contributed by atoms with Crippen molar-refractivity contribution in [2.45, 2.75) is 50.5 Å². The summed E-state index contributed by atoms with van der Waals surface area (Å²) in [7, 11) is 0. The molecule has 11 aromatic carbocycles. The maximum Gasteiger partial charge on any atom is 0.0517 e. The average molecular weight is 832 g/mol. The molecule has 13 rings (SSSR count). The minimum absolute atomic E-state index is 0.0282. The zero-order chi connectivity index (χ0) is 43.3. The van der Waals surface area contributed by atoms with Crippen LogP contribution in [0.1, 0.15) is 45.1 Å². The number of hydrogen-bond donors (Lipinski definition) is 0. The Morgan fingerprint density at radius 3 is 1.49 bits per heavy atom. The summed E-state index contributed by atoms with van der Waals surface area (Å²) in [4.78, 5) is 2.67. The van der Waals surface area contributed by atoms with Gasteiger partial charge in [0.2, 0.25) is 0 Å². The van der Waals surface area contributed by atoms with Gasteiger partial charge in [0.15, 0.2) is 0 Å². The third kappa shape index (κ3) is 5.64. The van der Waals surface area contributed by atoms with Crippen LogP contribution in [-0.2, 0) is 5.41 Å². The highest BCUT2D eigenvalue weighted by atomic mass is 15.3. The third-order valence-electron chi connectivity index (χ3n) is 15.8. The normalized spacial score (nSPS) is 18.2. The monoisotopic (exact) mass is 831 g/mol. The van der Waals surface area contributed by atoms with E-state index in [1.165, 1.54) is 141 Å². The summed E-state index contributed by atoms with van der Waals surface area (Å²) >= 11 is 0. The van der Waals surface area contributed by atoms with Crippen LogP contribution in [0.4, 0.5) is 11.4 Å². The zero-order valence-corrected chi connectivity index (χ0v) is 37.0. The predicted molar refractivity (Wildman–Crippen MR) is 278 cm³/mol. The molecule has 0 saturated heterocycles. The van der Waals surface area contributed by atoms with E-state index in [9.17, 15) is 0 Å². The number of hydrogen-bond acceptors (Lipinski definition) is 1. The van der Waals surface area contributed by atoms with Crippen LogP contribution in [0.2, 0.25) is 0 Å². The van der Waals surface area contributed by atoms with Gasteiger partial charge in [-0.05, 0) is 160 Å². The standard InChI is InChI=1S/C64H49N/c1-63-37-14-15-38-64(63,2)65(48-23-10-5-11-24-48)60-36-31-47(39-59(60)63)42-27-29-46(30-28-42)56-40-55(44-17-6-3-7-18-44)51-34-35-54-58(50-26-16-22-43-21-12-13-25-49(43)50)41-57(45-19-8-4-9-20-45)53-33-32-52(56)61(51)62(53)54/h3-13,16-36,39-41H,14-15,37-38H2,1-2H3. The van der Waals surface area contributed by atoms with E-state index in [1.54, 1.807) is 0 Å². The molecule has 0 aromatic heterocycles. The predicted octanol–water partition coefficient (Wildman–Crippen LogP) is 17.8. The second-order valence-corrected chi connectivity index (χ2v) is 19.1. The molecule has 0 bridgehead atoms. The van der Waals surface area contributed by atoms with Crippen molar-refractivity contribution in [2.24, 2.45) is 0 Å². The highest BCUT2D eigenvalue weighted by Crippen LogP contribution is 2.61. The Bertz CT molecular complexity index is 3600. The molecular weight excluding hydrogens is 783 g/mol. The molecular formula is C64H49N. The van der Waals surface area contributed by atoms with Gasteiger partial charge in [-0.15, -0.1) is 0 Å². The van der Waals surface area contributed by atoms with Crippen LogP contribution in [-0.4, -0.2) is 5.54 Å². The molecule has 2 unspecified atom stereocenters. The van der Waals surface area contributed by atoms with Crippen LogP contribution in [0.25, 0.3) is 98.7 Å². The summed E-state index contributed by atoms with van der Waals surface area (Å²) in [6.07, 6.45) is 4.94. The van der Waals surface area contributed by atoms with Gasteiger partial charge in [-0.2, -0.15) is 0 Å². The van der Waals surface area contributed by atoms with Gasteiger partial charge in [-0.25, -0.2) is 0 Å². The molecule has 0 N–H and O–H groups in total. The smallest absolute Gasteiger partial charge is 0.0517 e. The molecule has 65 heavy (non-hydrogen) atoms. The summed E-state index contributed by atoms with van der Waals surface area (Å²) in [6.45, 7) is 5.05. The molecule has 1 heterocycles. The second-order valence-electron chi connectivity index (χ2n) is 19.1. The topological polar surface area (TPSA) is 3.24 Å². The van der Waals surface area contributed by atoms with E-state index in [4.69, 9.17) is 0 Å². The van der Waals surface area contributed by atoms with Crippen LogP contribution >= 0.6 is 0 Å². The van der Waals surface area contributed by atoms with Crippen LogP contribution in [0, 0.1) is 0 Å². The van der Waals surface area contributed by atoms with Crippen molar-refractivity contribution in [3.05, 3.63) is 218 Å². The molecule has 0 amide bonds. The number of nitrogens with zero attached hydrogens (tertiary/aromatic N) is 1. The zero-order valence-electron chi connectivity index (χ0n) is 37.0. The Morgan fingerprint density at radius 2 is 0.846 bits per heavy atom. The van der Waals surface area contributed by atoms with Crippen LogP contribution in [0.5, 0.6) is 0 Å². The molecule has 310 valence electrons. The lowest BCUT2D eigenvalue weighted by Crippen LogP contribution is -2.54. The minimum Gasteiger partial charge on any atom is -0.334 e. The minimum atomic E-state index is 0.0282. The molecule has 1 fully saturated rings. The van der Waals surface area contributed by atoms with E-state index < -0.39 is 0 Å². The number of benzene rings is 11. The molecule has 1 nitrogen and oxygen atoms in total. The Labute approximate surface area is 381 Å². The largest absolute Gasteiger partial charge is 0.334 e. The van der Waals surface area contributed by atoms with E-state index in [1.807, 2.05) is 0 Å². The lowest BCUT2D eigenvalue weighted by Gasteiger charge is -2.50.